The van der Waals surface area contributed by atoms with E-state index < -0.39 is 11.5 Å². The Kier molecular flexibility index (Phi) is 3.56. The topological polar surface area (TPSA) is 96.6 Å². The zero-order valence-corrected chi connectivity index (χ0v) is 12.4. The second kappa shape index (κ2) is 5.40. The van der Waals surface area contributed by atoms with Crippen molar-refractivity contribution in [2.45, 2.75) is 44.6 Å². The van der Waals surface area contributed by atoms with E-state index in [9.17, 15) is 9.59 Å². The summed E-state index contributed by atoms with van der Waals surface area (Å²) >= 11 is 0. The third kappa shape index (κ3) is 2.66. The second-order valence-electron chi connectivity index (χ2n) is 5.91. The summed E-state index contributed by atoms with van der Waals surface area (Å²) in [5, 5.41) is 20.0. The van der Waals surface area contributed by atoms with Crippen LogP contribution in [0.5, 0.6) is 0 Å². The van der Waals surface area contributed by atoms with Crippen molar-refractivity contribution in [2.75, 3.05) is 0 Å². The van der Waals surface area contributed by atoms with Gasteiger partial charge in [0.1, 0.15) is 5.82 Å². The molecular formula is C15H18N4O3. The van der Waals surface area contributed by atoms with Crippen molar-refractivity contribution in [2.24, 2.45) is 0 Å². The van der Waals surface area contributed by atoms with Crippen LogP contribution in [-0.4, -0.2) is 37.1 Å². The fourth-order valence-corrected chi connectivity index (χ4v) is 3.14. The van der Waals surface area contributed by atoms with Crippen molar-refractivity contribution < 1.29 is 14.7 Å². The molecule has 3 rings (SSSR count). The van der Waals surface area contributed by atoms with Crippen LogP contribution in [0.2, 0.25) is 0 Å². The number of aromatic nitrogens is 3. The highest BCUT2D eigenvalue weighted by Crippen LogP contribution is 2.33. The molecule has 0 radical (unpaired) electrons. The van der Waals surface area contributed by atoms with Crippen LogP contribution in [0.3, 0.4) is 0 Å². The number of amides is 1. The quantitative estimate of drug-likeness (QED) is 0.893. The zero-order chi connectivity index (χ0) is 15.7. The first-order valence-electron chi connectivity index (χ1n) is 7.35. The Balaban J connectivity index is 1.85. The van der Waals surface area contributed by atoms with E-state index in [1.165, 1.54) is 0 Å². The van der Waals surface area contributed by atoms with Gasteiger partial charge in [-0.25, -0.2) is 0 Å². The third-order valence-electron chi connectivity index (χ3n) is 4.26. The Labute approximate surface area is 127 Å². The number of rotatable bonds is 4. The molecule has 1 saturated carbocycles. The average Bonchev–Trinajstić information content (AvgIpc) is 3.06. The first-order chi connectivity index (χ1) is 10.5. The van der Waals surface area contributed by atoms with Gasteiger partial charge in [-0.3, -0.25) is 14.0 Å². The zero-order valence-electron chi connectivity index (χ0n) is 12.4. The normalized spacial score (nSPS) is 16.8. The number of nitrogens with one attached hydrogen (secondary N) is 1. The van der Waals surface area contributed by atoms with E-state index in [0.717, 1.165) is 12.8 Å². The minimum Gasteiger partial charge on any atom is -0.481 e. The SMILES string of the molecule is Cc1nnc2ccc(C(=O)NC3(CC(=O)O)CCCC3)cn12. The molecule has 1 fully saturated rings. The number of hydrogen-bond donors (Lipinski definition) is 2. The van der Waals surface area contributed by atoms with Gasteiger partial charge in [0.25, 0.3) is 5.91 Å². The van der Waals surface area contributed by atoms with E-state index in [2.05, 4.69) is 15.5 Å². The number of aliphatic carboxylic acids is 1. The number of aryl methyl sites for hydroxylation is 1. The Morgan fingerprint density at radius 2 is 2.05 bits per heavy atom. The Hall–Kier alpha value is -2.44. The molecule has 0 atom stereocenters. The fourth-order valence-electron chi connectivity index (χ4n) is 3.14. The van der Waals surface area contributed by atoms with Gasteiger partial charge in [0, 0.05) is 6.20 Å². The Morgan fingerprint density at radius 3 is 2.73 bits per heavy atom. The van der Waals surface area contributed by atoms with Gasteiger partial charge < -0.3 is 10.4 Å². The van der Waals surface area contributed by atoms with Gasteiger partial charge in [0.05, 0.1) is 17.5 Å². The minimum absolute atomic E-state index is 0.0351. The maximum absolute atomic E-state index is 12.5. The molecule has 1 aliphatic carbocycles. The van der Waals surface area contributed by atoms with E-state index in [1.807, 2.05) is 6.92 Å². The standard InChI is InChI=1S/C15H18N4O3/c1-10-17-18-12-5-4-11(9-19(10)12)14(22)16-15(8-13(20)21)6-2-3-7-15/h4-5,9H,2-3,6-8H2,1H3,(H,16,22)(H,20,21). The molecular weight excluding hydrogens is 284 g/mol. The lowest BCUT2D eigenvalue weighted by atomic mass is 9.93. The lowest BCUT2D eigenvalue weighted by Crippen LogP contribution is -2.47. The first kappa shape index (κ1) is 14.5. The molecule has 0 saturated heterocycles. The van der Waals surface area contributed by atoms with E-state index in [-0.39, 0.29) is 12.3 Å². The van der Waals surface area contributed by atoms with Gasteiger partial charge in [0.15, 0.2) is 5.65 Å². The summed E-state index contributed by atoms with van der Waals surface area (Å²) in [5.41, 5.74) is 0.530. The summed E-state index contributed by atoms with van der Waals surface area (Å²) in [7, 11) is 0. The van der Waals surface area contributed by atoms with Gasteiger partial charge in [-0.15, -0.1) is 10.2 Å². The smallest absolute Gasteiger partial charge is 0.305 e. The number of nitrogens with zero attached hydrogens (tertiary/aromatic N) is 3. The number of pyridine rings is 1. The first-order valence-corrected chi connectivity index (χ1v) is 7.35. The molecule has 2 aromatic rings. The highest BCUT2D eigenvalue weighted by molar-refractivity contribution is 5.95. The number of carbonyl (C=O) groups is 2. The van der Waals surface area contributed by atoms with Crippen molar-refractivity contribution in [1.82, 2.24) is 19.9 Å². The number of carbonyl (C=O) groups excluding carboxylic acids is 1. The monoisotopic (exact) mass is 302 g/mol. The van der Waals surface area contributed by atoms with Crippen molar-refractivity contribution in [3.63, 3.8) is 0 Å². The molecule has 2 heterocycles. The Bertz CT molecular complexity index is 731. The molecule has 7 nitrogen and oxygen atoms in total. The van der Waals surface area contributed by atoms with Gasteiger partial charge in [-0.05, 0) is 31.9 Å². The molecule has 2 N–H and O–H groups in total. The van der Waals surface area contributed by atoms with E-state index >= 15 is 0 Å². The molecule has 0 aromatic carbocycles. The highest BCUT2D eigenvalue weighted by Gasteiger charge is 2.37. The molecule has 116 valence electrons. The lowest BCUT2D eigenvalue weighted by molar-refractivity contribution is -0.138. The van der Waals surface area contributed by atoms with E-state index in [4.69, 9.17) is 5.11 Å². The Morgan fingerprint density at radius 1 is 1.32 bits per heavy atom. The highest BCUT2D eigenvalue weighted by atomic mass is 16.4. The van der Waals surface area contributed by atoms with Crippen LogP contribution >= 0.6 is 0 Å². The van der Waals surface area contributed by atoms with Gasteiger partial charge in [-0.1, -0.05) is 12.8 Å². The summed E-state index contributed by atoms with van der Waals surface area (Å²) in [5.74, 6) is -0.434. The maximum Gasteiger partial charge on any atom is 0.305 e. The molecule has 0 aliphatic heterocycles. The summed E-state index contributed by atoms with van der Waals surface area (Å²) in [6.07, 6.45) is 4.95. The molecule has 0 bridgehead atoms. The largest absolute Gasteiger partial charge is 0.481 e. The van der Waals surface area contributed by atoms with E-state index in [0.29, 0.717) is 29.9 Å². The lowest BCUT2D eigenvalue weighted by Gasteiger charge is -2.28. The molecule has 22 heavy (non-hydrogen) atoms. The van der Waals surface area contributed by atoms with Crippen LogP contribution in [0.4, 0.5) is 0 Å². The molecule has 7 heteroatoms. The van der Waals surface area contributed by atoms with Crippen LogP contribution in [0.1, 0.15) is 48.3 Å². The van der Waals surface area contributed by atoms with Gasteiger partial charge >= 0.3 is 5.97 Å². The number of carboxylic acids is 1. The minimum atomic E-state index is -0.882. The van der Waals surface area contributed by atoms with Crippen molar-refractivity contribution in [3.8, 4) is 0 Å². The van der Waals surface area contributed by atoms with Gasteiger partial charge in [0.2, 0.25) is 0 Å². The summed E-state index contributed by atoms with van der Waals surface area (Å²) in [6.45, 7) is 1.81. The second-order valence-corrected chi connectivity index (χ2v) is 5.91. The third-order valence-corrected chi connectivity index (χ3v) is 4.26. The van der Waals surface area contributed by atoms with Crippen LogP contribution in [-0.2, 0) is 4.79 Å². The van der Waals surface area contributed by atoms with E-state index in [1.54, 1.807) is 22.7 Å². The summed E-state index contributed by atoms with van der Waals surface area (Å²) in [4.78, 5) is 23.6. The fraction of sp³-hybridized carbons (Fsp3) is 0.467. The maximum atomic E-state index is 12.5. The number of fused-ring (bicyclic) bond motifs is 1. The number of hydrogen-bond acceptors (Lipinski definition) is 4. The predicted molar refractivity (Wildman–Crippen MR) is 78.6 cm³/mol. The predicted octanol–water partition coefficient (Wildman–Crippen LogP) is 1.56. The molecule has 0 spiro atoms. The molecule has 1 aliphatic rings. The molecule has 1 amide bonds. The number of carboxylic acid groups (broad SMARTS) is 1. The van der Waals surface area contributed by atoms with Crippen molar-refractivity contribution in [1.29, 1.82) is 0 Å². The van der Waals surface area contributed by atoms with Crippen LogP contribution in [0.15, 0.2) is 18.3 Å². The molecule has 0 unspecified atom stereocenters. The van der Waals surface area contributed by atoms with Crippen molar-refractivity contribution >= 4 is 17.5 Å². The van der Waals surface area contributed by atoms with Crippen LogP contribution < -0.4 is 5.32 Å². The van der Waals surface area contributed by atoms with Crippen LogP contribution in [0, 0.1) is 6.92 Å². The van der Waals surface area contributed by atoms with Gasteiger partial charge in [-0.2, -0.15) is 0 Å². The summed E-state index contributed by atoms with van der Waals surface area (Å²) in [6, 6.07) is 3.41. The average molecular weight is 302 g/mol. The summed E-state index contributed by atoms with van der Waals surface area (Å²) < 4.78 is 1.74. The van der Waals surface area contributed by atoms with Crippen LogP contribution in [0.25, 0.3) is 5.65 Å². The molecule has 2 aromatic heterocycles. The van der Waals surface area contributed by atoms with Crippen molar-refractivity contribution in [3.05, 3.63) is 29.7 Å².